The Morgan fingerprint density at radius 3 is 2.30 bits per heavy atom. The molecular weight excluding hydrogens is 548 g/mol. The zero-order valence-corrected chi connectivity index (χ0v) is 25.3. The molecule has 5 aliphatic rings. The first-order valence-electron chi connectivity index (χ1n) is 15.7. The molecule has 3 saturated heterocycles. The summed E-state index contributed by atoms with van der Waals surface area (Å²) >= 11 is 0. The van der Waals surface area contributed by atoms with Crippen LogP contribution in [-0.4, -0.2) is 131 Å². The fourth-order valence-corrected chi connectivity index (χ4v) is 7.85. The molecule has 0 radical (unpaired) electrons. The van der Waals surface area contributed by atoms with Crippen LogP contribution < -0.4 is 0 Å². The molecule has 3 fully saturated rings. The SMILES string of the molecule is CCCN1CC=C[C@]2(C)O[C@]34C=CCN(CCN5CCOCC5)C(=O)C3N([C@@H](CO)Cc3ccccc3)C(=O)[C@@H]4[C@@H]2C1=O. The Hall–Kier alpha value is -3.05. The Morgan fingerprint density at radius 1 is 0.907 bits per heavy atom. The summed E-state index contributed by atoms with van der Waals surface area (Å²) in [5, 5.41) is 10.7. The quantitative estimate of drug-likeness (QED) is 0.429. The second kappa shape index (κ2) is 12.1. The van der Waals surface area contributed by atoms with Crippen LogP contribution in [0.25, 0.3) is 0 Å². The maximum Gasteiger partial charge on any atom is 0.249 e. The van der Waals surface area contributed by atoms with Gasteiger partial charge >= 0.3 is 0 Å². The number of benzene rings is 1. The average molecular weight is 593 g/mol. The number of hydrogen-bond acceptors (Lipinski definition) is 7. The van der Waals surface area contributed by atoms with Crippen LogP contribution in [0.2, 0.25) is 0 Å². The topological polar surface area (TPSA) is 103 Å². The molecule has 232 valence electrons. The highest BCUT2D eigenvalue weighted by molar-refractivity contribution is 6.00. The van der Waals surface area contributed by atoms with E-state index in [1.807, 2.05) is 68.5 Å². The maximum absolute atomic E-state index is 14.7. The largest absolute Gasteiger partial charge is 0.394 e. The third-order valence-electron chi connectivity index (χ3n) is 9.86. The van der Waals surface area contributed by atoms with E-state index < -0.39 is 35.1 Å². The second-order valence-electron chi connectivity index (χ2n) is 12.6. The van der Waals surface area contributed by atoms with Crippen molar-refractivity contribution in [3.8, 4) is 0 Å². The van der Waals surface area contributed by atoms with Gasteiger partial charge in [0.1, 0.15) is 11.6 Å². The van der Waals surface area contributed by atoms with Gasteiger partial charge in [-0.3, -0.25) is 19.3 Å². The van der Waals surface area contributed by atoms with Crippen LogP contribution in [0.4, 0.5) is 0 Å². The summed E-state index contributed by atoms with van der Waals surface area (Å²) in [6, 6.07) is 8.03. The summed E-state index contributed by atoms with van der Waals surface area (Å²) in [5.41, 5.74) is -1.43. The molecule has 1 aromatic carbocycles. The predicted octanol–water partition coefficient (Wildman–Crippen LogP) is 1.10. The van der Waals surface area contributed by atoms with E-state index in [2.05, 4.69) is 4.90 Å². The highest BCUT2D eigenvalue weighted by Crippen LogP contribution is 2.58. The molecule has 3 amide bonds. The molecule has 6 rings (SSSR count). The van der Waals surface area contributed by atoms with Crippen molar-refractivity contribution in [1.82, 2.24) is 19.6 Å². The summed E-state index contributed by atoms with van der Waals surface area (Å²) in [4.78, 5) is 51.0. The first-order valence-corrected chi connectivity index (χ1v) is 15.7. The lowest BCUT2D eigenvalue weighted by atomic mass is 9.74. The smallest absolute Gasteiger partial charge is 0.249 e. The van der Waals surface area contributed by atoms with E-state index in [-0.39, 0.29) is 24.3 Å². The van der Waals surface area contributed by atoms with Crippen molar-refractivity contribution in [3.05, 3.63) is 60.2 Å². The number of carbonyl (C=O) groups excluding carboxylic acids is 3. The molecule has 5 aliphatic heterocycles. The summed E-state index contributed by atoms with van der Waals surface area (Å²) in [7, 11) is 0. The van der Waals surface area contributed by atoms with Gasteiger partial charge in [-0.15, -0.1) is 0 Å². The van der Waals surface area contributed by atoms with Crippen molar-refractivity contribution in [2.75, 3.05) is 65.6 Å². The normalized spacial score (nSPS) is 33.3. The molecule has 1 unspecified atom stereocenters. The van der Waals surface area contributed by atoms with Crippen LogP contribution in [0, 0.1) is 11.8 Å². The summed E-state index contributed by atoms with van der Waals surface area (Å²) < 4.78 is 12.4. The Kier molecular flexibility index (Phi) is 8.48. The van der Waals surface area contributed by atoms with E-state index in [0.717, 1.165) is 25.1 Å². The fraction of sp³-hybridized carbons (Fsp3) is 0.606. The zero-order valence-electron chi connectivity index (χ0n) is 25.3. The van der Waals surface area contributed by atoms with Gasteiger partial charge < -0.3 is 29.3 Å². The average Bonchev–Trinajstić information content (AvgIpc) is 3.30. The summed E-state index contributed by atoms with van der Waals surface area (Å²) in [6.07, 6.45) is 8.85. The van der Waals surface area contributed by atoms with E-state index >= 15 is 0 Å². The number of carbonyl (C=O) groups is 3. The number of amides is 3. The third-order valence-corrected chi connectivity index (χ3v) is 9.86. The van der Waals surface area contributed by atoms with Crippen molar-refractivity contribution in [1.29, 1.82) is 0 Å². The van der Waals surface area contributed by atoms with Gasteiger partial charge in [0.2, 0.25) is 17.7 Å². The molecule has 43 heavy (non-hydrogen) atoms. The minimum absolute atomic E-state index is 0.122. The molecule has 1 spiro atoms. The molecule has 10 heteroatoms. The molecule has 0 aliphatic carbocycles. The number of aliphatic hydroxyl groups excluding tert-OH is 1. The molecule has 5 heterocycles. The standard InChI is InChI=1S/C33H44N4O6/c1-3-13-35-14-7-11-32(2)26(29(35)39)27-30(40)37(25(23-38)22-24-9-5-4-6-10-24)28-31(41)36(15-8-12-33(27,28)43-32)17-16-34-18-20-42-21-19-34/h4-12,25-28,38H,3,13-23H2,1-2H3/t25-,26-,27+,28?,32+,33+/m1/s1. The summed E-state index contributed by atoms with van der Waals surface area (Å²) in [5.74, 6) is -2.31. The highest BCUT2D eigenvalue weighted by atomic mass is 16.5. The number of morpholine rings is 1. The van der Waals surface area contributed by atoms with Crippen molar-refractivity contribution >= 4 is 17.7 Å². The van der Waals surface area contributed by atoms with Gasteiger partial charge in [0.05, 0.1) is 43.3 Å². The van der Waals surface area contributed by atoms with Gasteiger partial charge in [0.25, 0.3) is 0 Å². The van der Waals surface area contributed by atoms with Gasteiger partial charge in [-0.1, -0.05) is 61.6 Å². The molecule has 6 atom stereocenters. The number of rotatable bonds is 9. The molecule has 0 aromatic heterocycles. The highest BCUT2D eigenvalue weighted by Gasteiger charge is 2.75. The monoisotopic (exact) mass is 592 g/mol. The van der Waals surface area contributed by atoms with Crippen molar-refractivity contribution < 1.29 is 29.0 Å². The van der Waals surface area contributed by atoms with E-state index in [0.29, 0.717) is 52.4 Å². The third kappa shape index (κ3) is 5.22. The van der Waals surface area contributed by atoms with Crippen molar-refractivity contribution in [2.24, 2.45) is 11.8 Å². The van der Waals surface area contributed by atoms with Gasteiger partial charge in [-0.2, -0.15) is 0 Å². The van der Waals surface area contributed by atoms with Crippen LogP contribution in [0.5, 0.6) is 0 Å². The van der Waals surface area contributed by atoms with Crippen LogP contribution >= 0.6 is 0 Å². The van der Waals surface area contributed by atoms with Gasteiger partial charge in [-0.05, 0) is 25.3 Å². The second-order valence-corrected chi connectivity index (χ2v) is 12.6. The minimum Gasteiger partial charge on any atom is -0.394 e. The Bertz CT molecular complexity index is 1270. The Morgan fingerprint density at radius 2 is 1.60 bits per heavy atom. The molecule has 1 N–H and O–H groups in total. The van der Waals surface area contributed by atoms with Crippen LogP contribution in [0.3, 0.4) is 0 Å². The molecule has 0 bridgehead atoms. The predicted molar refractivity (Wildman–Crippen MR) is 160 cm³/mol. The number of hydrogen-bond donors (Lipinski definition) is 1. The van der Waals surface area contributed by atoms with E-state index in [1.165, 1.54) is 0 Å². The van der Waals surface area contributed by atoms with Gasteiger partial charge in [-0.25, -0.2) is 0 Å². The van der Waals surface area contributed by atoms with Crippen molar-refractivity contribution in [3.63, 3.8) is 0 Å². The number of fused-ring (bicyclic) bond motifs is 2. The Balaban J connectivity index is 1.40. The van der Waals surface area contributed by atoms with Crippen LogP contribution in [0.15, 0.2) is 54.6 Å². The lowest BCUT2D eigenvalue weighted by Crippen LogP contribution is -2.59. The first-order chi connectivity index (χ1) is 20.8. The molecule has 1 aromatic rings. The Labute approximate surface area is 253 Å². The first kappa shape index (κ1) is 30.0. The van der Waals surface area contributed by atoms with E-state index in [4.69, 9.17) is 9.47 Å². The summed E-state index contributed by atoms with van der Waals surface area (Å²) in [6.45, 7) is 9.16. The fourth-order valence-electron chi connectivity index (χ4n) is 7.85. The number of likely N-dealkylation sites (tertiary alicyclic amines) is 1. The molecule has 0 saturated carbocycles. The minimum atomic E-state index is -1.33. The van der Waals surface area contributed by atoms with Gasteiger partial charge in [0, 0.05) is 45.8 Å². The lowest BCUT2D eigenvalue weighted by molar-refractivity contribution is -0.155. The maximum atomic E-state index is 14.7. The van der Waals surface area contributed by atoms with E-state index in [9.17, 15) is 19.5 Å². The van der Waals surface area contributed by atoms with Gasteiger partial charge in [0.15, 0.2) is 0 Å². The van der Waals surface area contributed by atoms with Crippen LogP contribution in [0.1, 0.15) is 25.8 Å². The van der Waals surface area contributed by atoms with Crippen molar-refractivity contribution in [2.45, 2.75) is 50.0 Å². The van der Waals surface area contributed by atoms with E-state index in [1.54, 1.807) is 14.7 Å². The lowest BCUT2D eigenvalue weighted by Gasteiger charge is -2.40. The number of aliphatic hydroxyl groups is 1. The number of ether oxygens (including phenoxy) is 2. The molecular formula is C33H44N4O6. The molecule has 10 nitrogen and oxygen atoms in total. The zero-order chi connectivity index (χ0) is 30.2. The van der Waals surface area contributed by atoms with Crippen LogP contribution in [-0.2, 0) is 30.3 Å². The number of nitrogens with zero attached hydrogens (tertiary/aromatic N) is 4.